The number of ketones is 1. The van der Waals surface area contributed by atoms with Crippen LogP contribution < -0.4 is 4.74 Å². The van der Waals surface area contributed by atoms with Crippen molar-refractivity contribution >= 4 is 39.1 Å². The number of nitrogens with zero attached hydrogens (tertiary/aromatic N) is 1. The zero-order valence-electron chi connectivity index (χ0n) is 19.1. The lowest BCUT2D eigenvalue weighted by Gasteiger charge is -2.10. The third-order valence-corrected chi connectivity index (χ3v) is 6.86. The minimum atomic E-state index is -0.780. The number of aliphatic hydroxyl groups excluding tert-OH is 2. The second-order valence-corrected chi connectivity index (χ2v) is 9.67. The lowest BCUT2D eigenvalue weighted by Crippen LogP contribution is -2.15. The van der Waals surface area contributed by atoms with Crippen LogP contribution in [0.25, 0.3) is 21.7 Å². The van der Waals surface area contributed by atoms with Gasteiger partial charge in [0.05, 0.1) is 12.7 Å². The Morgan fingerprint density at radius 3 is 2.74 bits per heavy atom. The third kappa shape index (κ3) is 4.69. The first-order valence-corrected chi connectivity index (χ1v) is 12.1. The summed E-state index contributed by atoms with van der Waals surface area (Å²) in [6, 6.07) is 16.0. The van der Waals surface area contributed by atoms with Crippen molar-refractivity contribution in [3.8, 4) is 5.75 Å². The first-order chi connectivity index (χ1) is 16.4. The standard InChI is InChI=1S/C28H28ClNO4/c1-17-10-21-11-22(29)6-4-20(21)13-28(17)34-16-27(33)25-14-30(9-8-23(32)15-31)26-12-19(18-2-3-18)5-7-24(25)26/h4-7,10-14,18,23,31-32H,2-3,8-9,15-16H2,1H3. The van der Waals surface area contributed by atoms with Gasteiger partial charge >= 0.3 is 0 Å². The molecule has 176 valence electrons. The SMILES string of the molecule is Cc1cc2cc(Cl)ccc2cc1OCC(=O)c1cn(CCC(O)CO)c2cc(C3CC3)ccc12. The highest BCUT2D eigenvalue weighted by molar-refractivity contribution is 6.31. The van der Waals surface area contributed by atoms with Gasteiger partial charge in [-0.15, -0.1) is 0 Å². The van der Waals surface area contributed by atoms with E-state index in [2.05, 4.69) is 12.1 Å². The van der Waals surface area contributed by atoms with E-state index in [1.54, 1.807) is 0 Å². The van der Waals surface area contributed by atoms with E-state index >= 15 is 0 Å². The van der Waals surface area contributed by atoms with Gasteiger partial charge in [0.15, 0.2) is 6.61 Å². The Morgan fingerprint density at radius 2 is 1.97 bits per heavy atom. The number of aliphatic hydroxyl groups is 2. The molecule has 4 aromatic rings. The van der Waals surface area contributed by atoms with Gasteiger partial charge < -0.3 is 19.5 Å². The first kappa shape index (κ1) is 22.9. The molecule has 0 amide bonds. The van der Waals surface area contributed by atoms with Crippen molar-refractivity contribution in [2.24, 2.45) is 0 Å². The number of hydrogen-bond donors (Lipinski definition) is 2. The molecule has 3 aromatic carbocycles. The van der Waals surface area contributed by atoms with Crippen LogP contribution in [0.3, 0.4) is 0 Å². The summed E-state index contributed by atoms with van der Waals surface area (Å²) >= 11 is 6.11. The van der Waals surface area contributed by atoms with Crippen molar-refractivity contribution in [1.29, 1.82) is 0 Å². The maximum atomic E-state index is 13.2. The molecular formula is C28H28ClNO4. The summed E-state index contributed by atoms with van der Waals surface area (Å²) in [4.78, 5) is 13.2. The molecule has 0 spiro atoms. The lowest BCUT2D eigenvalue weighted by atomic mass is 10.0. The molecule has 1 aromatic heterocycles. The van der Waals surface area contributed by atoms with E-state index < -0.39 is 6.10 Å². The number of aromatic nitrogens is 1. The van der Waals surface area contributed by atoms with Gasteiger partial charge in [0.1, 0.15) is 5.75 Å². The van der Waals surface area contributed by atoms with E-state index in [0.29, 0.717) is 35.2 Å². The molecule has 1 heterocycles. The number of rotatable bonds is 9. The van der Waals surface area contributed by atoms with Gasteiger partial charge in [0, 0.05) is 34.2 Å². The van der Waals surface area contributed by atoms with Crippen LogP contribution in [-0.4, -0.2) is 39.9 Å². The van der Waals surface area contributed by atoms with Crippen molar-refractivity contribution < 1.29 is 19.7 Å². The number of Topliss-reactive ketones (excluding diaryl/α,β-unsaturated/α-hetero) is 1. The number of aryl methyl sites for hydroxylation is 2. The molecule has 1 fully saturated rings. The van der Waals surface area contributed by atoms with Crippen LogP contribution in [0.15, 0.2) is 54.7 Å². The van der Waals surface area contributed by atoms with Crippen LogP contribution in [0.2, 0.25) is 5.02 Å². The second-order valence-electron chi connectivity index (χ2n) is 9.23. The molecule has 0 bridgehead atoms. The summed E-state index contributed by atoms with van der Waals surface area (Å²) in [7, 11) is 0. The zero-order valence-corrected chi connectivity index (χ0v) is 19.9. The van der Waals surface area contributed by atoms with Crippen LogP contribution in [0, 0.1) is 6.92 Å². The van der Waals surface area contributed by atoms with Crippen molar-refractivity contribution in [3.63, 3.8) is 0 Å². The van der Waals surface area contributed by atoms with Crippen molar-refractivity contribution in [2.45, 2.75) is 44.8 Å². The normalized spacial score (nSPS) is 14.6. The molecule has 5 rings (SSSR count). The summed E-state index contributed by atoms with van der Waals surface area (Å²) < 4.78 is 7.98. The molecule has 0 radical (unpaired) electrons. The molecule has 1 saturated carbocycles. The number of carbonyl (C=O) groups is 1. The molecule has 6 heteroatoms. The Hall–Kier alpha value is -2.86. The van der Waals surface area contributed by atoms with Crippen molar-refractivity contribution in [2.75, 3.05) is 13.2 Å². The fourth-order valence-corrected chi connectivity index (χ4v) is 4.68. The van der Waals surface area contributed by atoms with Gasteiger partial charge in [0.25, 0.3) is 0 Å². The number of carbonyl (C=O) groups excluding carboxylic acids is 1. The highest BCUT2D eigenvalue weighted by atomic mass is 35.5. The Morgan fingerprint density at radius 1 is 1.15 bits per heavy atom. The minimum absolute atomic E-state index is 0.0668. The van der Waals surface area contributed by atoms with Crippen LogP contribution in [0.5, 0.6) is 5.75 Å². The molecule has 5 nitrogen and oxygen atoms in total. The van der Waals surface area contributed by atoms with E-state index in [1.807, 2.05) is 54.1 Å². The predicted octanol–water partition coefficient (Wildman–Crippen LogP) is 5.64. The highest BCUT2D eigenvalue weighted by Gasteiger charge is 2.25. The van der Waals surface area contributed by atoms with E-state index in [9.17, 15) is 15.0 Å². The van der Waals surface area contributed by atoms with E-state index in [-0.39, 0.29) is 19.0 Å². The minimum Gasteiger partial charge on any atom is -0.485 e. The van der Waals surface area contributed by atoms with E-state index in [0.717, 1.165) is 27.2 Å². The molecule has 0 saturated heterocycles. The molecule has 2 N–H and O–H groups in total. The van der Waals surface area contributed by atoms with Gasteiger partial charge in [-0.2, -0.15) is 0 Å². The monoisotopic (exact) mass is 477 g/mol. The molecule has 1 aliphatic carbocycles. The van der Waals surface area contributed by atoms with Gasteiger partial charge in [-0.25, -0.2) is 0 Å². The number of benzene rings is 3. The average molecular weight is 478 g/mol. The predicted molar refractivity (Wildman–Crippen MR) is 135 cm³/mol. The van der Waals surface area contributed by atoms with E-state index in [1.165, 1.54) is 18.4 Å². The number of ether oxygens (including phenoxy) is 1. The Balaban J connectivity index is 1.40. The summed E-state index contributed by atoms with van der Waals surface area (Å²) in [5, 5.41) is 22.6. The van der Waals surface area contributed by atoms with Gasteiger partial charge in [-0.1, -0.05) is 29.8 Å². The fourth-order valence-electron chi connectivity index (χ4n) is 4.50. The van der Waals surface area contributed by atoms with Crippen LogP contribution in [0.1, 0.15) is 46.7 Å². The topological polar surface area (TPSA) is 71.7 Å². The largest absolute Gasteiger partial charge is 0.485 e. The summed E-state index contributed by atoms with van der Waals surface area (Å²) in [5.74, 6) is 1.18. The van der Waals surface area contributed by atoms with Gasteiger partial charge in [0.2, 0.25) is 5.78 Å². The molecule has 1 atom stereocenters. The lowest BCUT2D eigenvalue weighted by molar-refractivity contribution is 0.0849. The summed E-state index contributed by atoms with van der Waals surface area (Å²) in [5.41, 5.74) is 3.83. The molecule has 34 heavy (non-hydrogen) atoms. The first-order valence-electron chi connectivity index (χ1n) is 11.7. The number of hydrogen-bond acceptors (Lipinski definition) is 4. The van der Waals surface area contributed by atoms with Crippen LogP contribution >= 0.6 is 11.6 Å². The van der Waals surface area contributed by atoms with Gasteiger partial charge in [-0.05, 0) is 84.3 Å². The Kier molecular flexibility index (Phi) is 6.34. The average Bonchev–Trinajstić information content (AvgIpc) is 3.62. The summed E-state index contributed by atoms with van der Waals surface area (Å²) in [6.07, 6.45) is 3.89. The highest BCUT2D eigenvalue weighted by Crippen LogP contribution is 2.41. The van der Waals surface area contributed by atoms with Crippen molar-refractivity contribution in [3.05, 3.63) is 76.4 Å². The fraction of sp³-hybridized carbons (Fsp3) is 0.321. The maximum absolute atomic E-state index is 13.2. The Labute approximate surface area is 203 Å². The molecule has 0 aliphatic heterocycles. The molecular weight excluding hydrogens is 450 g/mol. The third-order valence-electron chi connectivity index (χ3n) is 6.62. The number of halogens is 1. The van der Waals surface area contributed by atoms with E-state index in [4.69, 9.17) is 16.3 Å². The van der Waals surface area contributed by atoms with Crippen molar-refractivity contribution in [1.82, 2.24) is 4.57 Å². The maximum Gasteiger partial charge on any atom is 0.202 e. The van der Waals surface area contributed by atoms with Crippen LogP contribution in [0.4, 0.5) is 0 Å². The summed E-state index contributed by atoms with van der Waals surface area (Å²) in [6.45, 7) is 2.14. The smallest absolute Gasteiger partial charge is 0.202 e. The van der Waals surface area contributed by atoms with Crippen LogP contribution in [-0.2, 0) is 6.54 Å². The quantitative estimate of drug-likeness (QED) is 0.306. The molecule has 1 unspecified atom stereocenters. The second kappa shape index (κ2) is 9.41. The van der Waals surface area contributed by atoms with Gasteiger partial charge in [-0.3, -0.25) is 4.79 Å². The Bertz CT molecular complexity index is 1370. The molecule has 1 aliphatic rings. The zero-order chi connectivity index (χ0) is 23.8. The number of fused-ring (bicyclic) bond motifs is 2.